The van der Waals surface area contributed by atoms with E-state index >= 15 is 0 Å². The van der Waals surface area contributed by atoms with Crippen molar-refractivity contribution in [1.82, 2.24) is 10.3 Å². The van der Waals surface area contributed by atoms with Gasteiger partial charge in [-0.2, -0.15) is 0 Å². The zero-order chi connectivity index (χ0) is 15.7. The molecule has 2 N–H and O–H groups in total. The van der Waals surface area contributed by atoms with E-state index in [1.807, 2.05) is 44.2 Å². The van der Waals surface area contributed by atoms with Gasteiger partial charge in [-0.15, -0.1) is 0 Å². The third-order valence-corrected chi connectivity index (χ3v) is 4.85. The van der Waals surface area contributed by atoms with E-state index in [0.29, 0.717) is 5.56 Å². The fraction of sp³-hybridized carbons (Fsp3) is 0.444. The molecule has 2 atom stereocenters. The SMILES string of the molecule is Cc1ccc2cccc(C(=O)NC3CCCC3(C)CO)c2n1. The Balaban J connectivity index is 1.91. The first-order chi connectivity index (χ1) is 10.5. The number of nitrogens with one attached hydrogen (secondary N) is 1. The van der Waals surface area contributed by atoms with Crippen molar-refractivity contribution >= 4 is 16.8 Å². The van der Waals surface area contributed by atoms with Crippen LogP contribution in [0.3, 0.4) is 0 Å². The minimum atomic E-state index is -0.219. The number of carbonyl (C=O) groups is 1. The average molecular weight is 298 g/mol. The smallest absolute Gasteiger partial charge is 0.253 e. The molecule has 2 aromatic rings. The van der Waals surface area contributed by atoms with Crippen LogP contribution in [0.5, 0.6) is 0 Å². The predicted octanol–water partition coefficient (Wildman–Crippen LogP) is 2.82. The summed E-state index contributed by atoms with van der Waals surface area (Å²) in [5.74, 6) is -0.102. The number of fused-ring (bicyclic) bond motifs is 1. The van der Waals surface area contributed by atoms with Crippen LogP contribution in [0.1, 0.15) is 42.2 Å². The van der Waals surface area contributed by atoms with Crippen LogP contribution in [0.2, 0.25) is 0 Å². The van der Waals surface area contributed by atoms with E-state index in [-0.39, 0.29) is 24.0 Å². The van der Waals surface area contributed by atoms with Crippen molar-refractivity contribution in [2.75, 3.05) is 6.61 Å². The summed E-state index contributed by atoms with van der Waals surface area (Å²) in [4.78, 5) is 17.2. The number of hydrogen-bond acceptors (Lipinski definition) is 3. The summed E-state index contributed by atoms with van der Waals surface area (Å²) < 4.78 is 0. The maximum absolute atomic E-state index is 12.7. The number of nitrogens with zero attached hydrogens (tertiary/aromatic N) is 1. The molecular weight excluding hydrogens is 276 g/mol. The lowest BCUT2D eigenvalue weighted by Gasteiger charge is -2.30. The van der Waals surface area contributed by atoms with Gasteiger partial charge < -0.3 is 10.4 Å². The second kappa shape index (κ2) is 5.69. The Morgan fingerprint density at radius 3 is 3.00 bits per heavy atom. The molecule has 22 heavy (non-hydrogen) atoms. The molecule has 4 nitrogen and oxygen atoms in total. The number of aliphatic hydroxyl groups excluding tert-OH is 1. The van der Waals surface area contributed by atoms with E-state index in [9.17, 15) is 9.90 Å². The maximum atomic E-state index is 12.7. The Morgan fingerprint density at radius 1 is 1.41 bits per heavy atom. The Hall–Kier alpha value is -1.94. The number of para-hydroxylation sites is 1. The summed E-state index contributed by atoms with van der Waals surface area (Å²) in [7, 11) is 0. The van der Waals surface area contributed by atoms with E-state index in [2.05, 4.69) is 10.3 Å². The fourth-order valence-corrected chi connectivity index (χ4v) is 3.33. The molecule has 0 bridgehead atoms. The van der Waals surface area contributed by atoms with Crippen LogP contribution < -0.4 is 5.32 Å². The standard InChI is InChI=1S/C18H22N2O2/c1-12-8-9-13-5-3-6-14(16(13)19-12)17(22)20-15-7-4-10-18(15,2)11-21/h3,5-6,8-9,15,21H,4,7,10-11H2,1-2H3,(H,20,22). The molecule has 1 heterocycles. The number of hydrogen-bond donors (Lipinski definition) is 2. The zero-order valence-electron chi connectivity index (χ0n) is 13.1. The first-order valence-corrected chi connectivity index (χ1v) is 7.81. The van der Waals surface area contributed by atoms with Gasteiger partial charge in [-0.25, -0.2) is 0 Å². The summed E-state index contributed by atoms with van der Waals surface area (Å²) >= 11 is 0. The molecule has 1 aliphatic carbocycles. The molecule has 3 rings (SSSR count). The number of amides is 1. The molecule has 1 aromatic carbocycles. The van der Waals surface area contributed by atoms with Crippen LogP contribution in [0.15, 0.2) is 30.3 Å². The Bertz CT molecular complexity index is 713. The lowest BCUT2D eigenvalue weighted by molar-refractivity contribution is 0.0832. The minimum Gasteiger partial charge on any atom is -0.396 e. The van der Waals surface area contributed by atoms with Gasteiger partial charge in [0.05, 0.1) is 17.7 Å². The van der Waals surface area contributed by atoms with Gasteiger partial charge in [0.1, 0.15) is 0 Å². The van der Waals surface area contributed by atoms with E-state index < -0.39 is 0 Å². The Kier molecular flexibility index (Phi) is 3.87. The predicted molar refractivity (Wildman–Crippen MR) is 86.8 cm³/mol. The summed E-state index contributed by atoms with van der Waals surface area (Å²) in [6.45, 7) is 4.06. The second-order valence-corrected chi connectivity index (χ2v) is 6.56. The van der Waals surface area contributed by atoms with Crippen LogP contribution in [0.25, 0.3) is 10.9 Å². The van der Waals surface area contributed by atoms with Gasteiger partial charge >= 0.3 is 0 Å². The summed E-state index contributed by atoms with van der Waals surface area (Å²) in [5.41, 5.74) is 2.02. The highest BCUT2D eigenvalue weighted by Crippen LogP contribution is 2.37. The van der Waals surface area contributed by atoms with Crippen molar-refractivity contribution in [3.05, 3.63) is 41.6 Å². The molecule has 0 saturated heterocycles. The first kappa shape index (κ1) is 15.0. The van der Waals surface area contributed by atoms with Crippen LogP contribution in [-0.4, -0.2) is 28.6 Å². The second-order valence-electron chi connectivity index (χ2n) is 6.56. The van der Waals surface area contributed by atoms with Gasteiger partial charge in [-0.05, 0) is 31.9 Å². The summed E-state index contributed by atoms with van der Waals surface area (Å²) in [5, 5.41) is 13.7. The molecule has 4 heteroatoms. The van der Waals surface area contributed by atoms with E-state index in [1.54, 1.807) is 0 Å². The topological polar surface area (TPSA) is 62.2 Å². The highest BCUT2D eigenvalue weighted by Gasteiger charge is 2.39. The van der Waals surface area contributed by atoms with E-state index in [0.717, 1.165) is 35.9 Å². The molecule has 1 aliphatic rings. The fourth-order valence-electron chi connectivity index (χ4n) is 3.33. The number of pyridine rings is 1. The largest absolute Gasteiger partial charge is 0.396 e. The Morgan fingerprint density at radius 2 is 2.23 bits per heavy atom. The van der Waals surface area contributed by atoms with E-state index in [1.165, 1.54) is 0 Å². The molecule has 0 spiro atoms. The van der Waals surface area contributed by atoms with Gasteiger partial charge in [0.2, 0.25) is 0 Å². The van der Waals surface area contributed by atoms with Crippen LogP contribution in [0.4, 0.5) is 0 Å². The molecule has 1 amide bonds. The number of carbonyl (C=O) groups excluding carboxylic acids is 1. The van der Waals surface area contributed by atoms with Gasteiger partial charge in [-0.1, -0.05) is 31.5 Å². The normalized spacial score (nSPS) is 24.6. The minimum absolute atomic E-state index is 0.0186. The van der Waals surface area contributed by atoms with Gasteiger partial charge in [0.15, 0.2) is 0 Å². The number of aliphatic hydroxyl groups is 1. The average Bonchev–Trinajstić information content (AvgIpc) is 2.88. The molecule has 2 unspecified atom stereocenters. The van der Waals surface area contributed by atoms with Crippen molar-refractivity contribution < 1.29 is 9.90 Å². The van der Waals surface area contributed by atoms with Gasteiger partial charge in [0, 0.05) is 22.5 Å². The van der Waals surface area contributed by atoms with Gasteiger partial charge in [0.25, 0.3) is 5.91 Å². The van der Waals surface area contributed by atoms with E-state index in [4.69, 9.17) is 0 Å². The first-order valence-electron chi connectivity index (χ1n) is 7.81. The van der Waals surface area contributed by atoms with Crippen molar-refractivity contribution in [2.45, 2.75) is 39.2 Å². The van der Waals surface area contributed by atoms with Gasteiger partial charge in [-0.3, -0.25) is 9.78 Å². The molecule has 1 saturated carbocycles. The molecule has 1 fully saturated rings. The van der Waals surface area contributed by atoms with Crippen molar-refractivity contribution in [2.24, 2.45) is 5.41 Å². The number of rotatable bonds is 3. The van der Waals surface area contributed by atoms with Crippen LogP contribution in [-0.2, 0) is 0 Å². The molecule has 116 valence electrons. The molecule has 1 aromatic heterocycles. The zero-order valence-corrected chi connectivity index (χ0v) is 13.1. The summed E-state index contributed by atoms with van der Waals surface area (Å²) in [6, 6.07) is 9.62. The number of benzene rings is 1. The number of aromatic nitrogens is 1. The molecular formula is C18H22N2O2. The lowest BCUT2D eigenvalue weighted by Crippen LogP contribution is -2.44. The van der Waals surface area contributed by atoms with Crippen molar-refractivity contribution in [3.63, 3.8) is 0 Å². The highest BCUT2D eigenvalue weighted by molar-refractivity contribution is 6.05. The summed E-state index contributed by atoms with van der Waals surface area (Å²) in [6.07, 6.45) is 2.90. The third kappa shape index (κ3) is 2.59. The number of aryl methyl sites for hydroxylation is 1. The molecule has 0 radical (unpaired) electrons. The quantitative estimate of drug-likeness (QED) is 0.916. The van der Waals surface area contributed by atoms with Crippen molar-refractivity contribution in [3.8, 4) is 0 Å². The van der Waals surface area contributed by atoms with Crippen molar-refractivity contribution in [1.29, 1.82) is 0 Å². The monoisotopic (exact) mass is 298 g/mol. The third-order valence-electron chi connectivity index (χ3n) is 4.85. The molecule has 0 aliphatic heterocycles. The van der Waals surface area contributed by atoms with Crippen LogP contribution >= 0.6 is 0 Å². The highest BCUT2D eigenvalue weighted by atomic mass is 16.3. The maximum Gasteiger partial charge on any atom is 0.253 e. The lowest BCUT2D eigenvalue weighted by atomic mass is 9.85. The Labute approximate surface area is 130 Å². The van der Waals surface area contributed by atoms with Crippen LogP contribution in [0, 0.1) is 12.3 Å².